The number of nitrogens with one attached hydrogen (secondary N) is 1. The summed E-state index contributed by atoms with van der Waals surface area (Å²) < 4.78 is 5.35. The third-order valence-electron chi connectivity index (χ3n) is 4.10. The van der Waals surface area contributed by atoms with Crippen LogP contribution in [0.1, 0.15) is 44.9 Å². The van der Waals surface area contributed by atoms with Crippen LogP contribution in [0.15, 0.2) is 22.8 Å². The highest BCUT2D eigenvalue weighted by Crippen LogP contribution is 2.30. The molecule has 0 aromatic carbocycles. The van der Waals surface area contributed by atoms with Gasteiger partial charge in [-0.15, -0.1) is 0 Å². The quantitative estimate of drug-likeness (QED) is 0.846. The molecule has 2 rings (SSSR count). The normalized spacial score (nSPS) is 31.4. The molecule has 0 aliphatic heterocycles. The van der Waals surface area contributed by atoms with Crippen LogP contribution in [0, 0.1) is 11.8 Å². The van der Waals surface area contributed by atoms with Crippen molar-refractivity contribution in [2.24, 2.45) is 11.8 Å². The van der Waals surface area contributed by atoms with Gasteiger partial charge in [0.2, 0.25) is 0 Å². The summed E-state index contributed by atoms with van der Waals surface area (Å²) in [6, 6.07) is 4.23. The topological polar surface area (TPSA) is 45.4 Å². The SMILES string of the molecule is CC1CCC(NC(CO)c2ccco2)CC1C. The Bertz CT molecular complexity index is 323. The van der Waals surface area contributed by atoms with Gasteiger partial charge in [-0.1, -0.05) is 13.8 Å². The van der Waals surface area contributed by atoms with Crippen LogP contribution in [0.25, 0.3) is 0 Å². The minimum atomic E-state index is -0.0596. The number of aliphatic hydroxyl groups excluding tert-OH is 1. The molecule has 1 fully saturated rings. The van der Waals surface area contributed by atoms with Gasteiger partial charge < -0.3 is 14.8 Å². The van der Waals surface area contributed by atoms with Crippen LogP contribution >= 0.6 is 0 Å². The molecular formula is C14H23NO2. The van der Waals surface area contributed by atoms with E-state index in [1.807, 2.05) is 12.1 Å². The average Bonchev–Trinajstić information content (AvgIpc) is 2.84. The molecule has 1 aromatic rings. The third kappa shape index (κ3) is 3.11. The monoisotopic (exact) mass is 237 g/mol. The second-order valence-corrected chi connectivity index (χ2v) is 5.38. The minimum Gasteiger partial charge on any atom is -0.468 e. The van der Waals surface area contributed by atoms with Gasteiger partial charge >= 0.3 is 0 Å². The average molecular weight is 237 g/mol. The predicted octanol–water partition coefficient (Wildman–Crippen LogP) is 2.73. The molecule has 0 bridgehead atoms. The molecule has 1 heterocycles. The highest BCUT2D eigenvalue weighted by Gasteiger charge is 2.26. The lowest BCUT2D eigenvalue weighted by Gasteiger charge is -2.34. The minimum absolute atomic E-state index is 0.0596. The van der Waals surface area contributed by atoms with Gasteiger partial charge in [-0.2, -0.15) is 0 Å². The van der Waals surface area contributed by atoms with Gasteiger partial charge in [0.05, 0.1) is 18.9 Å². The summed E-state index contributed by atoms with van der Waals surface area (Å²) in [6.07, 6.45) is 5.32. The van der Waals surface area contributed by atoms with Crippen LogP contribution in [0.4, 0.5) is 0 Å². The summed E-state index contributed by atoms with van der Waals surface area (Å²) in [5.74, 6) is 2.42. The second kappa shape index (κ2) is 5.69. The van der Waals surface area contributed by atoms with Crippen LogP contribution in [0.2, 0.25) is 0 Å². The maximum Gasteiger partial charge on any atom is 0.123 e. The zero-order valence-corrected chi connectivity index (χ0v) is 10.7. The lowest BCUT2D eigenvalue weighted by Crippen LogP contribution is -2.39. The molecule has 1 aromatic heterocycles. The van der Waals surface area contributed by atoms with E-state index in [4.69, 9.17) is 4.42 Å². The van der Waals surface area contributed by atoms with Crippen LogP contribution in [-0.4, -0.2) is 17.8 Å². The van der Waals surface area contributed by atoms with Crippen LogP contribution in [0.3, 0.4) is 0 Å². The molecule has 0 amide bonds. The van der Waals surface area contributed by atoms with Crippen molar-refractivity contribution in [1.82, 2.24) is 5.32 Å². The molecule has 3 nitrogen and oxygen atoms in total. The van der Waals surface area contributed by atoms with Crippen LogP contribution in [-0.2, 0) is 0 Å². The van der Waals surface area contributed by atoms with E-state index >= 15 is 0 Å². The number of rotatable bonds is 4. The summed E-state index contributed by atoms with van der Waals surface area (Å²) in [5, 5.41) is 12.9. The molecule has 1 aliphatic rings. The van der Waals surface area contributed by atoms with Gasteiger partial charge in [-0.3, -0.25) is 0 Å². The first-order chi connectivity index (χ1) is 8.20. The maximum atomic E-state index is 9.42. The highest BCUT2D eigenvalue weighted by molar-refractivity contribution is 5.05. The van der Waals surface area contributed by atoms with Crippen LogP contribution in [0.5, 0.6) is 0 Å². The molecule has 1 aliphatic carbocycles. The largest absolute Gasteiger partial charge is 0.468 e. The van der Waals surface area contributed by atoms with Crippen molar-refractivity contribution in [3.8, 4) is 0 Å². The fourth-order valence-electron chi connectivity index (χ4n) is 2.70. The molecule has 1 saturated carbocycles. The van der Waals surface area contributed by atoms with Crippen molar-refractivity contribution >= 4 is 0 Å². The van der Waals surface area contributed by atoms with E-state index in [9.17, 15) is 5.11 Å². The zero-order chi connectivity index (χ0) is 12.3. The molecule has 0 radical (unpaired) electrons. The van der Waals surface area contributed by atoms with Gasteiger partial charge in [0.15, 0.2) is 0 Å². The Morgan fingerprint density at radius 3 is 2.82 bits per heavy atom. The maximum absolute atomic E-state index is 9.42. The molecule has 4 unspecified atom stereocenters. The molecule has 4 atom stereocenters. The van der Waals surface area contributed by atoms with E-state index in [0.717, 1.165) is 17.6 Å². The van der Waals surface area contributed by atoms with E-state index < -0.39 is 0 Å². The lowest BCUT2D eigenvalue weighted by molar-refractivity contribution is 0.172. The first-order valence-electron chi connectivity index (χ1n) is 6.61. The fraction of sp³-hybridized carbons (Fsp3) is 0.714. The lowest BCUT2D eigenvalue weighted by atomic mass is 9.79. The summed E-state index contributed by atoms with van der Waals surface area (Å²) in [6.45, 7) is 4.74. The fourth-order valence-corrected chi connectivity index (χ4v) is 2.70. The van der Waals surface area contributed by atoms with Crippen molar-refractivity contribution in [3.05, 3.63) is 24.2 Å². The van der Waals surface area contributed by atoms with Crippen molar-refractivity contribution in [2.45, 2.75) is 45.2 Å². The Kier molecular flexibility index (Phi) is 4.24. The predicted molar refractivity (Wildman–Crippen MR) is 67.6 cm³/mol. The Morgan fingerprint density at radius 2 is 2.24 bits per heavy atom. The van der Waals surface area contributed by atoms with Crippen molar-refractivity contribution in [1.29, 1.82) is 0 Å². The van der Waals surface area contributed by atoms with Crippen LogP contribution < -0.4 is 5.32 Å². The molecule has 96 valence electrons. The van der Waals surface area contributed by atoms with E-state index in [2.05, 4.69) is 19.2 Å². The number of hydrogen-bond donors (Lipinski definition) is 2. The van der Waals surface area contributed by atoms with Gasteiger partial charge in [-0.05, 0) is 43.2 Å². The van der Waals surface area contributed by atoms with E-state index in [1.54, 1.807) is 6.26 Å². The third-order valence-corrected chi connectivity index (χ3v) is 4.10. The van der Waals surface area contributed by atoms with Crippen molar-refractivity contribution < 1.29 is 9.52 Å². The standard InChI is InChI=1S/C14H23NO2/c1-10-5-6-12(8-11(10)2)15-13(9-16)14-4-3-7-17-14/h3-4,7,10-13,15-16H,5-6,8-9H2,1-2H3. The van der Waals surface area contributed by atoms with Crippen molar-refractivity contribution in [2.75, 3.05) is 6.61 Å². The molecule has 0 saturated heterocycles. The number of aliphatic hydroxyl groups is 1. The molecule has 3 heteroatoms. The summed E-state index contributed by atoms with van der Waals surface area (Å²) in [7, 11) is 0. The molecule has 0 spiro atoms. The van der Waals surface area contributed by atoms with Gasteiger partial charge in [0.1, 0.15) is 5.76 Å². The Balaban J connectivity index is 1.91. The number of furan rings is 1. The summed E-state index contributed by atoms with van der Waals surface area (Å²) in [4.78, 5) is 0. The van der Waals surface area contributed by atoms with Crippen molar-refractivity contribution in [3.63, 3.8) is 0 Å². The van der Waals surface area contributed by atoms with Gasteiger partial charge in [0.25, 0.3) is 0 Å². The van der Waals surface area contributed by atoms with Gasteiger partial charge in [-0.25, -0.2) is 0 Å². The first kappa shape index (κ1) is 12.7. The molecule has 17 heavy (non-hydrogen) atoms. The van der Waals surface area contributed by atoms with E-state index in [-0.39, 0.29) is 12.6 Å². The first-order valence-corrected chi connectivity index (χ1v) is 6.61. The van der Waals surface area contributed by atoms with E-state index in [0.29, 0.717) is 6.04 Å². The van der Waals surface area contributed by atoms with E-state index in [1.165, 1.54) is 19.3 Å². The van der Waals surface area contributed by atoms with Gasteiger partial charge in [0, 0.05) is 6.04 Å². The Labute approximate surface area is 103 Å². The molecular weight excluding hydrogens is 214 g/mol. The Hall–Kier alpha value is -0.800. The summed E-state index contributed by atoms with van der Waals surface area (Å²) in [5.41, 5.74) is 0. The number of hydrogen-bond acceptors (Lipinski definition) is 3. The molecule has 2 N–H and O–H groups in total. The summed E-state index contributed by atoms with van der Waals surface area (Å²) >= 11 is 0. The Morgan fingerprint density at radius 1 is 1.41 bits per heavy atom. The highest BCUT2D eigenvalue weighted by atomic mass is 16.3. The zero-order valence-electron chi connectivity index (χ0n) is 10.7. The second-order valence-electron chi connectivity index (χ2n) is 5.38. The smallest absolute Gasteiger partial charge is 0.123 e.